The quantitative estimate of drug-likeness (QED) is 0.146. The van der Waals surface area contributed by atoms with Crippen molar-refractivity contribution in [2.24, 2.45) is 17.8 Å². The zero-order chi connectivity index (χ0) is 38.2. The average molecular weight is 768 g/mol. The van der Waals surface area contributed by atoms with Gasteiger partial charge in [0.05, 0.1) is 32.6 Å². The lowest BCUT2D eigenvalue weighted by atomic mass is 9.59. The van der Waals surface area contributed by atoms with Gasteiger partial charge in [-0.25, -0.2) is 4.79 Å². The summed E-state index contributed by atoms with van der Waals surface area (Å²) in [6.07, 6.45) is 11.3. The number of pyridine rings is 1. The Kier molecular flexibility index (Phi) is 10.8. The summed E-state index contributed by atoms with van der Waals surface area (Å²) in [4.78, 5) is 20.0. The molecule has 9 nitrogen and oxygen atoms in total. The number of halogens is 1. The lowest BCUT2D eigenvalue weighted by Gasteiger charge is -2.47. The number of furan rings is 1. The molecule has 10 heteroatoms. The number of nitrogens with one attached hydrogen (secondary N) is 1. The molecule has 8 rings (SSSR count). The Morgan fingerprint density at radius 1 is 1.09 bits per heavy atom. The fourth-order valence-electron chi connectivity index (χ4n) is 10.1. The topological polar surface area (TPSA) is 106 Å². The molecular weight excluding hydrogens is 714 g/mol. The number of hydrogen-bond donors (Lipinski definition) is 2. The first kappa shape index (κ1) is 37.7. The van der Waals surface area contributed by atoms with Gasteiger partial charge in [0.1, 0.15) is 17.0 Å². The second kappa shape index (κ2) is 15.7. The number of carboxylic acid groups (broad SMARTS) is 1. The maximum atomic E-state index is 13.1. The number of aliphatic carboxylic acids is 1. The number of hydrogen-bond acceptors (Lipinski definition) is 8. The van der Waals surface area contributed by atoms with E-state index in [1.54, 1.807) is 18.4 Å². The number of ether oxygens (including phenoxy) is 3. The standard InChI is InChI=1S/C45H54ClN3O6/c1-29(26-53-39-12-17-47-38-11-4-7-30(2)42(38)39)19-33-20-32-21-40-41(55-28-31(27-54-40)24-49(3)25-36-10-6-18-52-36)23-37(32)44(33)13-15-45(16-14-44,43(50)51)48-35-9-5-8-34(46)22-35/h5-6,8-10,12,17-18,21-23,29-31,33,48H,4,7,11,13-16,19-20,24-28H2,1-3H3,(H,50,51)/t29-,30-,31?,33+,44?,45?/m1/s1. The van der Waals surface area contributed by atoms with E-state index in [-0.39, 0.29) is 11.3 Å². The van der Waals surface area contributed by atoms with Gasteiger partial charge < -0.3 is 29.1 Å². The molecule has 0 amide bonds. The minimum atomic E-state index is -1.09. The highest BCUT2D eigenvalue weighted by Gasteiger charge is 2.54. The van der Waals surface area contributed by atoms with E-state index in [0.717, 1.165) is 73.9 Å². The molecule has 3 heterocycles. The van der Waals surface area contributed by atoms with Gasteiger partial charge in [-0.2, -0.15) is 0 Å². The van der Waals surface area contributed by atoms with Crippen LogP contribution in [0.4, 0.5) is 5.69 Å². The van der Waals surface area contributed by atoms with Crippen molar-refractivity contribution in [1.82, 2.24) is 9.88 Å². The zero-order valence-electron chi connectivity index (χ0n) is 32.3. The van der Waals surface area contributed by atoms with Crippen LogP contribution in [0, 0.1) is 17.8 Å². The Balaban J connectivity index is 1.03. The Labute approximate surface area is 329 Å². The normalized spacial score (nSPS) is 26.2. The van der Waals surface area contributed by atoms with E-state index in [4.69, 9.17) is 30.2 Å². The van der Waals surface area contributed by atoms with Gasteiger partial charge in [0.25, 0.3) is 0 Å². The highest BCUT2D eigenvalue weighted by Crippen LogP contribution is 2.58. The van der Waals surface area contributed by atoms with Gasteiger partial charge in [-0.3, -0.25) is 9.88 Å². The molecule has 1 spiro atoms. The van der Waals surface area contributed by atoms with Crippen molar-refractivity contribution in [3.63, 3.8) is 0 Å². The van der Waals surface area contributed by atoms with Crippen molar-refractivity contribution in [3.8, 4) is 17.2 Å². The van der Waals surface area contributed by atoms with E-state index in [1.165, 1.54) is 35.2 Å². The maximum Gasteiger partial charge on any atom is 0.329 e. The lowest BCUT2D eigenvalue weighted by Crippen LogP contribution is -2.53. The van der Waals surface area contributed by atoms with Crippen LogP contribution in [0.15, 0.2) is 71.5 Å². The molecule has 1 fully saturated rings. The predicted octanol–water partition coefficient (Wildman–Crippen LogP) is 9.31. The monoisotopic (exact) mass is 767 g/mol. The molecule has 0 saturated heterocycles. The largest absolute Gasteiger partial charge is 0.493 e. The lowest BCUT2D eigenvalue weighted by molar-refractivity contribution is -0.144. The van der Waals surface area contributed by atoms with Crippen molar-refractivity contribution >= 4 is 23.3 Å². The van der Waals surface area contributed by atoms with Crippen molar-refractivity contribution < 1.29 is 28.5 Å². The van der Waals surface area contributed by atoms with Crippen LogP contribution >= 0.6 is 11.6 Å². The van der Waals surface area contributed by atoms with E-state index in [0.29, 0.717) is 55.4 Å². The molecule has 2 aromatic carbocycles. The predicted molar refractivity (Wildman–Crippen MR) is 214 cm³/mol. The van der Waals surface area contributed by atoms with Crippen LogP contribution in [0.5, 0.6) is 17.2 Å². The molecule has 1 saturated carbocycles. The van der Waals surface area contributed by atoms with Gasteiger partial charge >= 0.3 is 5.97 Å². The minimum Gasteiger partial charge on any atom is -0.493 e. The third kappa shape index (κ3) is 7.79. The zero-order valence-corrected chi connectivity index (χ0v) is 33.1. The first-order chi connectivity index (χ1) is 26.6. The molecule has 4 aliphatic rings. The first-order valence-corrected chi connectivity index (χ1v) is 20.5. The highest BCUT2D eigenvalue weighted by molar-refractivity contribution is 6.30. The average Bonchev–Trinajstić information content (AvgIpc) is 3.72. The van der Waals surface area contributed by atoms with Crippen molar-refractivity contribution in [2.45, 2.75) is 95.1 Å². The van der Waals surface area contributed by atoms with E-state index >= 15 is 0 Å². The first-order valence-electron chi connectivity index (χ1n) is 20.1. The third-order valence-corrected chi connectivity index (χ3v) is 13.1. The number of aromatic nitrogens is 1. The van der Waals surface area contributed by atoms with Gasteiger partial charge in [-0.1, -0.05) is 31.5 Å². The summed E-state index contributed by atoms with van der Waals surface area (Å²) in [7, 11) is 2.10. The number of nitrogens with zero attached hydrogens (tertiary/aromatic N) is 2. The summed E-state index contributed by atoms with van der Waals surface area (Å²) in [5.74, 6) is 3.94. The van der Waals surface area contributed by atoms with Gasteiger partial charge in [0.2, 0.25) is 0 Å². The number of fused-ring (bicyclic) bond motifs is 4. The number of benzene rings is 2. The summed E-state index contributed by atoms with van der Waals surface area (Å²) in [6, 6.07) is 17.8. The molecule has 2 N–H and O–H groups in total. The molecule has 1 unspecified atom stereocenters. The van der Waals surface area contributed by atoms with Crippen LogP contribution < -0.4 is 19.5 Å². The number of carbonyl (C=O) groups is 1. The van der Waals surface area contributed by atoms with Crippen LogP contribution in [-0.4, -0.2) is 59.9 Å². The molecule has 4 aromatic rings. The SMILES string of the molecule is C[C@@H](COc1ccnc2c1[C@H](C)CCC2)C[C@H]1Cc2cc3c(cc2C12CCC(Nc1cccc(Cl)c1)(C(=O)O)CC2)OCC(CN(C)Cc1ccco1)CO3. The summed E-state index contributed by atoms with van der Waals surface area (Å²) in [5, 5.41) is 14.7. The van der Waals surface area contributed by atoms with Crippen molar-refractivity contribution in [2.75, 3.05) is 38.7 Å². The number of carboxylic acids is 1. The van der Waals surface area contributed by atoms with Crippen LogP contribution in [0.3, 0.4) is 0 Å². The molecular formula is C45H54ClN3O6. The molecule has 0 bridgehead atoms. The summed E-state index contributed by atoms with van der Waals surface area (Å²) in [5.41, 5.74) is 4.49. The van der Waals surface area contributed by atoms with Crippen LogP contribution in [0.25, 0.3) is 0 Å². The molecule has 292 valence electrons. The van der Waals surface area contributed by atoms with Crippen LogP contribution in [0.2, 0.25) is 5.02 Å². The highest BCUT2D eigenvalue weighted by atomic mass is 35.5. The molecule has 55 heavy (non-hydrogen) atoms. The molecule has 3 aliphatic carbocycles. The van der Waals surface area contributed by atoms with Crippen molar-refractivity contribution in [1.29, 1.82) is 0 Å². The summed E-state index contributed by atoms with van der Waals surface area (Å²) in [6.45, 7) is 7.88. The number of rotatable bonds is 12. The van der Waals surface area contributed by atoms with Gasteiger partial charge in [0.15, 0.2) is 11.5 Å². The van der Waals surface area contributed by atoms with Gasteiger partial charge in [-0.15, -0.1) is 0 Å². The summed E-state index contributed by atoms with van der Waals surface area (Å²) >= 11 is 6.32. The number of anilines is 1. The fourth-order valence-corrected chi connectivity index (χ4v) is 10.3. The molecule has 0 radical (unpaired) electrons. The second-order valence-corrected chi connectivity index (χ2v) is 17.4. The van der Waals surface area contributed by atoms with E-state index in [9.17, 15) is 9.90 Å². The van der Waals surface area contributed by atoms with Crippen molar-refractivity contribution in [3.05, 3.63) is 100 Å². The van der Waals surface area contributed by atoms with Crippen LogP contribution in [0.1, 0.15) is 92.9 Å². The smallest absolute Gasteiger partial charge is 0.329 e. The fraction of sp³-hybridized carbons (Fsp3) is 0.511. The summed E-state index contributed by atoms with van der Waals surface area (Å²) < 4.78 is 25.2. The Morgan fingerprint density at radius 2 is 1.89 bits per heavy atom. The van der Waals surface area contributed by atoms with E-state index < -0.39 is 11.5 Å². The molecule has 2 aromatic heterocycles. The van der Waals surface area contributed by atoms with Gasteiger partial charge in [-0.05, 0) is 148 Å². The minimum absolute atomic E-state index is 0.196. The Morgan fingerprint density at radius 3 is 2.64 bits per heavy atom. The Hall–Kier alpha value is -4.21. The number of aryl methyl sites for hydroxylation is 1. The van der Waals surface area contributed by atoms with E-state index in [1.807, 2.05) is 36.5 Å². The third-order valence-electron chi connectivity index (χ3n) is 12.9. The van der Waals surface area contributed by atoms with Crippen LogP contribution in [-0.2, 0) is 29.6 Å². The van der Waals surface area contributed by atoms with E-state index in [2.05, 4.69) is 48.2 Å². The molecule has 1 aliphatic heterocycles. The van der Waals surface area contributed by atoms with Gasteiger partial charge in [0, 0.05) is 40.6 Å². The maximum absolute atomic E-state index is 13.1. The molecule has 4 atom stereocenters. The second-order valence-electron chi connectivity index (χ2n) is 16.9. The Bertz CT molecular complexity index is 1970.